The van der Waals surface area contributed by atoms with E-state index < -0.39 is 0 Å². The fourth-order valence-electron chi connectivity index (χ4n) is 2.01. The van der Waals surface area contributed by atoms with Crippen LogP contribution in [-0.2, 0) is 6.42 Å². The first kappa shape index (κ1) is 16.0. The summed E-state index contributed by atoms with van der Waals surface area (Å²) in [5, 5.41) is 14.4. The maximum Gasteiger partial charge on any atom is 0.244 e. The van der Waals surface area contributed by atoms with Gasteiger partial charge in [-0.3, -0.25) is 0 Å². The van der Waals surface area contributed by atoms with Crippen LogP contribution in [0.25, 0.3) is 0 Å². The molecule has 1 aromatic heterocycles. The Bertz CT molecular complexity index is 590. The van der Waals surface area contributed by atoms with E-state index in [9.17, 15) is 0 Å². The van der Waals surface area contributed by atoms with Gasteiger partial charge in [0, 0.05) is 12.6 Å². The first-order valence-corrected chi connectivity index (χ1v) is 7.55. The minimum Gasteiger partial charge on any atom is -0.496 e. The Balaban J connectivity index is 1.90. The molecule has 0 aliphatic carbocycles. The molecule has 6 heteroatoms. The molecular formula is C16H23N5O. The van der Waals surface area contributed by atoms with E-state index in [-0.39, 0.29) is 0 Å². The van der Waals surface area contributed by atoms with Gasteiger partial charge in [-0.2, -0.15) is 10.1 Å². The third-order valence-corrected chi connectivity index (χ3v) is 3.44. The lowest BCUT2D eigenvalue weighted by molar-refractivity contribution is 0.410. The van der Waals surface area contributed by atoms with Crippen molar-refractivity contribution in [3.05, 3.63) is 36.0 Å². The smallest absolute Gasteiger partial charge is 0.244 e. The van der Waals surface area contributed by atoms with Crippen molar-refractivity contribution >= 4 is 11.8 Å². The molecule has 2 rings (SSSR count). The van der Waals surface area contributed by atoms with Crippen LogP contribution in [0.15, 0.2) is 30.5 Å². The topological polar surface area (TPSA) is 72.0 Å². The molecule has 0 saturated carbocycles. The molecule has 1 heterocycles. The number of benzene rings is 1. The standard InChI is InChI=1S/C16H23N5O/c1-4-12(2)19-16-20-15(11-18-21-16)17-10-9-13-7-5-6-8-14(13)22-3/h5-8,11-12H,4,9-10H2,1-3H3,(H2,17,19,20,21). The molecule has 0 radical (unpaired) electrons. The van der Waals surface area contributed by atoms with Gasteiger partial charge in [-0.1, -0.05) is 25.1 Å². The molecule has 6 nitrogen and oxygen atoms in total. The summed E-state index contributed by atoms with van der Waals surface area (Å²) in [5.41, 5.74) is 1.16. The Kier molecular flexibility index (Phi) is 5.94. The van der Waals surface area contributed by atoms with Crippen molar-refractivity contribution in [2.75, 3.05) is 24.3 Å². The van der Waals surface area contributed by atoms with E-state index in [0.29, 0.717) is 12.0 Å². The lowest BCUT2D eigenvalue weighted by Crippen LogP contribution is -2.17. The summed E-state index contributed by atoms with van der Waals surface area (Å²) in [6, 6.07) is 8.34. The highest BCUT2D eigenvalue weighted by Gasteiger charge is 2.05. The lowest BCUT2D eigenvalue weighted by atomic mass is 10.1. The van der Waals surface area contributed by atoms with Crippen LogP contribution in [0.5, 0.6) is 5.75 Å². The van der Waals surface area contributed by atoms with Gasteiger partial charge in [0.2, 0.25) is 5.95 Å². The molecule has 0 amide bonds. The van der Waals surface area contributed by atoms with Gasteiger partial charge in [-0.15, -0.1) is 5.10 Å². The van der Waals surface area contributed by atoms with Crippen LogP contribution in [0.3, 0.4) is 0 Å². The zero-order valence-electron chi connectivity index (χ0n) is 13.3. The van der Waals surface area contributed by atoms with Gasteiger partial charge < -0.3 is 15.4 Å². The zero-order chi connectivity index (χ0) is 15.8. The summed E-state index contributed by atoms with van der Waals surface area (Å²) >= 11 is 0. The molecule has 22 heavy (non-hydrogen) atoms. The molecule has 1 aromatic carbocycles. The highest BCUT2D eigenvalue weighted by atomic mass is 16.5. The van der Waals surface area contributed by atoms with Crippen molar-refractivity contribution in [2.24, 2.45) is 0 Å². The van der Waals surface area contributed by atoms with Crippen molar-refractivity contribution in [1.29, 1.82) is 0 Å². The predicted octanol–water partition coefficient (Wildman–Crippen LogP) is 2.75. The van der Waals surface area contributed by atoms with Gasteiger partial charge in [0.15, 0.2) is 5.82 Å². The summed E-state index contributed by atoms with van der Waals surface area (Å²) in [5.74, 6) is 2.18. The van der Waals surface area contributed by atoms with E-state index in [1.165, 1.54) is 0 Å². The van der Waals surface area contributed by atoms with Crippen LogP contribution < -0.4 is 15.4 Å². The molecule has 0 fully saturated rings. The number of nitrogens with zero attached hydrogens (tertiary/aromatic N) is 3. The molecule has 1 atom stereocenters. The number of anilines is 2. The number of hydrogen-bond donors (Lipinski definition) is 2. The predicted molar refractivity (Wildman–Crippen MR) is 88.4 cm³/mol. The van der Waals surface area contributed by atoms with Crippen LogP contribution in [0.2, 0.25) is 0 Å². The number of nitrogens with one attached hydrogen (secondary N) is 2. The minimum absolute atomic E-state index is 0.325. The third kappa shape index (κ3) is 4.58. The van der Waals surface area contributed by atoms with E-state index >= 15 is 0 Å². The number of aromatic nitrogens is 3. The largest absolute Gasteiger partial charge is 0.496 e. The first-order valence-electron chi connectivity index (χ1n) is 7.55. The van der Waals surface area contributed by atoms with Crippen LogP contribution in [0, 0.1) is 0 Å². The normalized spacial score (nSPS) is 11.8. The van der Waals surface area contributed by atoms with Crippen molar-refractivity contribution in [1.82, 2.24) is 15.2 Å². The Morgan fingerprint density at radius 2 is 2.09 bits per heavy atom. The highest BCUT2D eigenvalue weighted by Crippen LogP contribution is 2.17. The Hall–Kier alpha value is -2.37. The van der Waals surface area contributed by atoms with Gasteiger partial charge in [0.25, 0.3) is 0 Å². The third-order valence-electron chi connectivity index (χ3n) is 3.44. The maximum atomic E-state index is 5.35. The van der Waals surface area contributed by atoms with E-state index in [1.807, 2.05) is 18.2 Å². The first-order chi connectivity index (χ1) is 10.7. The summed E-state index contributed by atoms with van der Waals surface area (Å²) < 4.78 is 5.35. The van der Waals surface area contributed by atoms with Gasteiger partial charge in [0.05, 0.1) is 13.3 Å². The second kappa shape index (κ2) is 8.17. The van der Waals surface area contributed by atoms with Crippen molar-refractivity contribution in [3.63, 3.8) is 0 Å². The average Bonchev–Trinajstić information content (AvgIpc) is 2.55. The Morgan fingerprint density at radius 1 is 1.27 bits per heavy atom. The second-order valence-electron chi connectivity index (χ2n) is 5.11. The van der Waals surface area contributed by atoms with Gasteiger partial charge in [-0.25, -0.2) is 0 Å². The van der Waals surface area contributed by atoms with Crippen molar-refractivity contribution < 1.29 is 4.74 Å². The van der Waals surface area contributed by atoms with Crippen molar-refractivity contribution in [2.45, 2.75) is 32.7 Å². The zero-order valence-corrected chi connectivity index (χ0v) is 13.3. The van der Waals surface area contributed by atoms with E-state index in [2.05, 4.69) is 45.7 Å². The summed E-state index contributed by atoms with van der Waals surface area (Å²) in [6.07, 6.45) is 3.49. The van der Waals surface area contributed by atoms with Crippen LogP contribution in [0.1, 0.15) is 25.8 Å². The van der Waals surface area contributed by atoms with E-state index in [4.69, 9.17) is 4.74 Å². The number of ether oxygens (including phenoxy) is 1. The van der Waals surface area contributed by atoms with Crippen molar-refractivity contribution in [3.8, 4) is 5.75 Å². The molecular weight excluding hydrogens is 278 g/mol. The van der Waals surface area contributed by atoms with Crippen LogP contribution in [0.4, 0.5) is 11.8 Å². The lowest BCUT2D eigenvalue weighted by Gasteiger charge is -2.12. The number of methoxy groups -OCH3 is 1. The quantitative estimate of drug-likeness (QED) is 0.781. The minimum atomic E-state index is 0.325. The number of hydrogen-bond acceptors (Lipinski definition) is 6. The van der Waals surface area contributed by atoms with Gasteiger partial charge in [-0.05, 0) is 31.4 Å². The maximum absolute atomic E-state index is 5.35. The molecule has 0 spiro atoms. The molecule has 0 bridgehead atoms. The van der Waals surface area contributed by atoms with Crippen LogP contribution >= 0.6 is 0 Å². The van der Waals surface area contributed by atoms with Gasteiger partial charge in [0.1, 0.15) is 5.75 Å². The molecule has 1 unspecified atom stereocenters. The molecule has 0 aliphatic heterocycles. The average molecular weight is 301 g/mol. The van der Waals surface area contributed by atoms with Gasteiger partial charge >= 0.3 is 0 Å². The van der Waals surface area contributed by atoms with E-state index in [0.717, 1.165) is 36.5 Å². The Morgan fingerprint density at radius 3 is 2.86 bits per heavy atom. The molecule has 0 aliphatic rings. The fourth-order valence-corrected chi connectivity index (χ4v) is 2.01. The summed E-state index contributed by atoms with van der Waals surface area (Å²) in [4.78, 5) is 4.41. The molecule has 0 saturated heterocycles. The second-order valence-corrected chi connectivity index (χ2v) is 5.11. The SMILES string of the molecule is CCC(C)Nc1nncc(NCCc2ccccc2OC)n1. The number of rotatable bonds is 8. The molecule has 118 valence electrons. The molecule has 2 aromatic rings. The Labute approximate surface area is 131 Å². The summed E-state index contributed by atoms with van der Waals surface area (Å²) in [7, 11) is 1.69. The van der Waals surface area contributed by atoms with Crippen LogP contribution in [-0.4, -0.2) is 34.9 Å². The summed E-state index contributed by atoms with van der Waals surface area (Å²) in [6.45, 7) is 4.95. The van der Waals surface area contributed by atoms with E-state index in [1.54, 1.807) is 13.3 Å². The highest BCUT2D eigenvalue weighted by molar-refractivity contribution is 5.38. The fraction of sp³-hybridized carbons (Fsp3) is 0.438. The number of para-hydroxylation sites is 1. The molecule has 2 N–H and O–H groups in total. The monoisotopic (exact) mass is 301 g/mol.